The van der Waals surface area contributed by atoms with E-state index in [1.807, 2.05) is 27.7 Å². The predicted octanol–water partition coefficient (Wildman–Crippen LogP) is 1.62. The number of ether oxygens (including phenoxy) is 4. The van der Waals surface area contributed by atoms with Gasteiger partial charge < -0.3 is 18.9 Å². The maximum absolute atomic E-state index is 5.24. The lowest BCUT2D eigenvalue weighted by Gasteiger charge is -2.02. The van der Waals surface area contributed by atoms with Gasteiger partial charge in [-0.25, -0.2) is 0 Å². The number of rotatable bonds is 6. The molecule has 0 aliphatic carbocycles. The van der Waals surface area contributed by atoms with Crippen LogP contribution in [0.5, 0.6) is 0 Å². The van der Waals surface area contributed by atoms with Crippen LogP contribution in [-0.4, -0.2) is 50.8 Å². The van der Waals surface area contributed by atoms with Crippen LogP contribution < -0.4 is 0 Å². The van der Waals surface area contributed by atoms with Gasteiger partial charge >= 0.3 is 0 Å². The fourth-order valence-corrected chi connectivity index (χ4v) is 0.928. The highest BCUT2D eigenvalue weighted by Crippen LogP contribution is 2.09. The lowest BCUT2D eigenvalue weighted by molar-refractivity contribution is 0.0661. The molecule has 0 aromatic carbocycles. The standard InChI is InChI=1S/2C6H12O2/c2*1-5(2)7-3-6-4-8-6/h2*5-6H,3-4H2,1-2H3. The first-order chi connectivity index (χ1) is 7.58. The summed E-state index contributed by atoms with van der Waals surface area (Å²) >= 11 is 0. The molecule has 96 valence electrons. The van der Waals surface area contributed by atoms with Crippen molar-refractivity contribution in [1.82, 2.24) is 0 Å². The molecule has 0 radical (unpaired) electrons. The summed E-state index contributed by atoms with van der Waals surface area (Å²) < 4.78 is 20.3. The fourth-order valence-electron chi connectivity index (χ4n) is 0.928. The molecule has 2 rings (SSSR count). The van der Waals surface area contributed by atoms with Crippen LogP contribution in [-0.2, 0) is 18.9 Å². The Morgan fingerprint density at radius 3 is 1.38 bits per heavy atom. The molecular formula is C12H24O4. The Morgan fingerprint density at radius 2 is 1.19 bits per heavy atom. The molecule has 16 heavy (non-hydrogen) atoms. The second-order valence-electron chi connectivity index (χ2n) is 4.67. The molecule has 2 unspecified atom stereocenters. The Morgan fingerprint density at radius 1 is 0.875 bits per heavy atom. The molecule has 2 heterocycles. The van der Waals surface area contributed by atoms with Crippen molar-refractivity contribution in [2.45, 2.75) is 52.1 Å². The SMILES string of the molecule is CC(C)OCC1CO1.CC(C)OCC1CO1. The maximum atomic E-state index is 5.24. The van der Waals surface area contributed by atoms with Gasteiger partial charge in [0.15, 0.2) is 0 Å². The van der Waals surface area contributed by atoms with Crippen LogP contribution in [0.2, 0.25) is 0 Å². The lowest BCUT2D eigenvalue weighted by atomic mass is 10.4. The summed E-state index contributed by atoms with van der Waals surface area (Å²) in [5.74, 6) is 0. The van der Waals surface area contributed by atoms with Crippen molar-refractivity contribution in [3.63, 3.8) is 0 Å². The second kappa shape index (κ2) is 7.22. The van der Waals surface area contributed by atoms with Gasteiger partial charge in [-0.3, -0.25) is 0 Å². The summed E-state index contributed by atoms with van der Waals surface area (Å²) in [6.45, 7) is 11.5. The maximum Gasteiger partial charge on any atom is 0.104 e. The molecule has 0 N–H and O–H groups in total. The smallest absolute Gasteiger partial charge is 0.104 e. The first kappa shape index (κ1) is 13.9. The van der Waals surface area contributed by atoms with Gasteiger partial charge in [-0.2, -0.15) is 0 Å². The van der Waals surface area contributed by atoms with Gasteiger partial charge in [-0.1, -0.05) is 0 Å². The van der Waals surface area contributed by atoms with E-state index in [4.69, 9.17) is 18.9 Å². The van der Waals surface area contributed by atoms with Gasteiger partial charge in [0.25, 0.3) is 0 Å². The highest BCUT2D eigenvalue weighted by Gasteiger charge is 2.22. The van der Waals surface area contributed by atoms with Crippen LogP contribution >= 0.6 is 0 Å². The summed E-state index contributed by atoms with van der Waals surface area (Å²) in [4.78, 5) is 0. The Kier molecular flexibility index (Phi) is 6.28. The summed E-state index contributed by atoms with van der Waals surface area (Å²) in [5.41, 5.74) is 0. The molecule has 4 nitrogen and oxygen atoms in total. The number of hydrogen-bond acceptors (Lipinski definition) is 4. The monoisotopic (exact) mass is 232 g/mol. The predicted molar refractivity (Wildman–Crippen MR) is 61.7 cm³/mol. The summed E-state index contributed by atoms with van der Waals surface area (Å²) in [5, 5.41) is 0. The zero-order valence-corrected chi connectivity index (χ0v) is 10.8. The van der Waals surface area contributed by atoms with Gasteiger partial charge in [-0.05, 0) is 27.7 Å². The van der Waals surface area contributed by atoms with E-state index < -0.39 is 0 Å². The first-order valence-electron chi connectivity index (χ1n) is 6.04. The van der Waals surface area contributed by atoms with Gasteiger partial charge in [0.2, 0.25) is 0 Å². The van der Waals surface area contributed by atoms with E-state index in [2.05, 4.69) is 0 Å². The molecule has 0 aromatic heterocycles. The van der Waals surface area contributed by atoms with Gasteiger partial charge in [0.05, 0.1) is 38.6 Å². The largest absolute Gasteiger partial charge is 0.376 e. The Bertz CT molecular complexity index is 150. The fraction of sp³-hybridized carbons (Fsp3) is 1.00. The molecule has 2 aliphatic rings. The third-order valence-electron chi connectivity index (χ3n) is 2.04. The molecule has 0 amide bonds. The summed E-state index contributed by atoms with van der Waals surface area (Å²) in [6.07, 6.45) is 1.52. The molecular weight excluding hydrogens is 208 g/mol. The van der Waals surface area contributed by atoms with Crippen molar-refractivity contribution in [3.8, 4) is 0 Å². The lowest BCUT2D eigenvalue weighted by Crippen LogP contribution is -2.07. The van der Waals surface area contributed by atoms with Crippen LogP contribution in [0.3, 0.4) is 0 Å². The van der Waals surface area contributed by atoms with Crippen LogP contribution in [0.1, 0.15) is 27.7 Å². The third kappa shape index (κ3) is 9.09. The average molecular weight is 232 g/mol. The van der Waals surface area contributed by atoms with E-state index in [-0.39, 0.29) is 0 Å². The van der Waals surface area contributed by atoms with Gasteiger partial charge in [0, 0.05) is 0 Å². The minimum atomic E-state index is 0.346. The minimum Gasteiger partial charge on any atom is -0.376 e. The van der Waals surface area contributed by atoms with Crippen molar-refractivity contribution >= 4 is 0 Å². The van der Waals surface area contributed by atoms with E-state index in [1.54, 1.807) is 0 Å². The molecule has 0 spiro atoms. The van der Waals surface area contributed by atoms with E-state index in [0.717, 1.165) is 26.4 Å². The Hall–Kier alpha value is -0.160. The van der Waals surface area contributed by atoms with Gasteiger partial charge in [0.1, 0.15) is 12.2 Å². The number of epoxide rings is 2. The third-order valence-corrected chi connectivity index (χ3v) is 2.04. The van der Waals surface area contributed by atoms with Crippen molar-refractivity contribution in [1.29, 1.82) is 0 Å². The van der Waals surface area contributed by atoms with Crippen LogP contribution in [0.25, 0.3) is 0 Å². The average Bonchev–Trinajstić information content (AvgIpc) is 3.06. The second-order valence-corrected chi connectivity index (χ2v) is 4.67. The Labute approximate surface area is 98.2 Å². The molecule has 2 fully saturated rings. The summed E-state index contributed by atoms with van der Waals surface area (Å²) in [7, 11) is 0. The van der Waals surface area contributed by atoms with E-state index >= 15 is 0 Å². The van der Waals surface area contributed by atoms with E-state index in [1.165, 1.54) is 0 Å². The van der Waals surface area contributed by atoms with Crippen molar-refractivity contribution < 1.29 is 18.9 Å². The Balaban J connectivity index is 0.000000160. The molecule has 2 saturated heterocycles. The van der Waals surface area contributed by atoms with Crippen LogP contribution in [0, 0.1) is 0 Å². The van der Waals surface area contributed by atoms with Crippen LogP contribution in [0.15, 0.2) is 0 Å². The minimum absolute atomic E-state index is 0.346. The molecule has 0 bridgehead atoms. The van der Waals surface area contributed by atoms with Crippen molar-refractivity contribution in [3.05, 3.63) is 0 Å². The molecule has 2 atom stereocenters. The topological polar surface area (TPSA) is 43.5 Å². The molecule has 4 heteroatoms. The van der Waals surface area contributed by atoms with Gasteiger partial charge in [-0.15, -0.1) is 0 Å². The number of hydrogen-bond donors (Lipinski definition) is 0. The highest BCUT2D eigenvalue weighted by molar-refractivity contribution is 4.67. The van der Waals surface area contributed by atoms with Crippen LogP contribution in [0.4, 0.5) is 0 Å². The van der Waals surface area contributed by atoms with Crippen molar-refractivity contribution in [2.24, 2.45) is 0 Å². The normalized spacial score (nSPS) is 26.6. The quantitative estimate of drug-likeness (QED) is 0.653. The molecule has 0 saturated carbocycles. The molecule has 0 aromatic rings. The van der Waals surface area contributed by atoms with E-state index in [0.29, 0.717) is 24.4 Å². The zero-order chi connectivity index (χ0) is 12.0. The van der Waals surface area contributed by atoms with E-state index in [9.17, 15) is 0 Å². The molecule has 2 aliphatic heterocycles. The zero-order valence-electron chi connectivity index (χ0n) is 10.8. The first-order valence-corrected chi connectivity index (χ1v) is 6.04. The highest BCUT2D eigenvalue weighted by atomic mass is 16.6. The summed E-state index contributed by atoms with van der Waals surface area (Å²) in [6, 6.07) is 0. The van der Waals surface area contributed by atoms with Crippen molar-refractivity contribution in [2.75, 3.05) is 26.4 Å².